The molecule has 1 rings (SSSR count). The summed E-state index contributed by atoms with van der Waals surface area (Å²) in [7, 11) is 0. The largest absolute Gasteiger partial charge is 0.352 e. The number of hydrogen-bond acceptors (Lipinski definition) is 4. The van der Waals surface area contributed by atoms with E-state index in [-0.39, 0.29) is 6.29 Å². The van der Waals surface area contributed by atoms with Crippen LogP contribution < -0.4 is 5.32 Å². The molecule has 17 heavy (non-hydrogen) atoms. The van der Waals surface area contributed by atoms with Crippen LogP contribution in [0.3, 0.4) is 0 Å². The van der Waals surface area contributed by atoms with E-state index in [1.54, 1.807) is 6.20 Å². The molecule has 1 N–H and O–H groups in total. The second-order valence-electron chi connectivity index (χ2n) is 3.88. The maximum atomic E-state index is 5.46. The van der Waals surface area contributed by atoms with Crippen LogP contribution in [-0.4, -0.2) is 41.9 Å². The van der Waals surface area contributed by atoms with Crippen molar-refractivity contribution in [3.8, 4) is 0 Å². The summed E-state index contributed by atoms with van der Waals surface area (Å²) in [4.78, 5) is 0. The molecule has 1 aromatic rings. The van der Waals surface area contributed by atoms with Crippen LogP contribution in [-0.2, 0) is 16.0 Å². The molecule has 0 amide bonds. The average Bonchev–Trinajstić information content (AvgIpc) is 2.79. The lowest BCUT2D eigenvalue weighted by molar-refractivity contribution is -0.133. The predicted octanol–water partition coefficient (Wildman–Crippen LogP) is 1.26. The van der Waals surface area contributed by atoms with Gasteiger partial charge in [0.2, 0.25) is 0 Å². The molecule has 0 aliphatic rings. The number of nitrogens with zero attached hydrogens (tertiary/aromatic N) is 2. The van der Waals surface area contributed by atoms with E-state index < -0.39 is 0 Å². The van der Waals surface area contributed by atoms with Gasteiger partial charge in [0.25, 0.3) is 0 Å². The molecule has 0 saturated carbocycles. The fourth-order valence-corrected chi connectivity index (χ4v) is 1.59. The molecule has 5 heteroatoms. The highest BCUT2D eigenvalue weighted by atomic mass is 16.7. The van der Waals surface area contributed by atoms with Gasteiger partial charge in [-0.2, -0.15) is 5.10 Å². The first-order valence-corrected chi connectivity index (χ1v) is 6.20. The molecule has 0 bridgehead atoms. The summed E-state index contributed by atoms with van der Waals surface area (Å²) >= 11 is 0. The summed E-state index contributed by atoms with van der Waals surface area (Å²) < 4.78 is 12.8. The topological polar surface area (TPSA) is 48.3 Å². The molecule has 1 unspecified atom stereocenters. The van der Waals surface area contributed by atoms with Crippen molar-refractivity contribution in [3.63, 3.8) is 0 Å². The minimum Gasteiger partial charge on any atom is -0.352 e. The lowest BCUT2D eigenvalue weighted by atomic mass is 10.3. The lowest BCUT2D eigenvalue weighted by Gasteiger charge is -2.20. The van der Waals surface area contributed by atoms with Crippen molar-refractivity contribution in [1.29, 1.82) is 0 Å². The van der Waals surface area contributed by atoms with E-state index in [0.717, 1.165) is 6.54 Å². The van der Waals surface area contributed by atoms with E-state index in [9.17, 15) is 0 Å². The first-order chi connectivity index (χ1) is 8.26. The van der Waals surface area contributed by atoms with E-state index in [1.165, 1.54) is 0 Å². The molecule has 0 fully saturated rings. The lowest BCUT2D eigenvalue weighted by Crippen LogP contribution is -2.38. The zero-order valence-corrected chi connectivity index (χ0v) is 10.9. The SMILES string of the molecule is CCOC(CNC(C)Cn1cccn1)OCC. The van der Waals surface area contributed by atoms with Crippen molar-refractivity contribution >= 4 is 0 Å². The number of nitrogens with one attached hydrogen (secondary N) is 1. The molecule has 1 heterocycles. The Labute approximate surface area is 103 Å². The first-order valence-electron chi connectivity index (χ1n) is 6.20. The first kappa shape index (κ1) is 14.2. The van der Waals surface area contributed by atoms with Crippen molar-refractivity contribution < 1.29 is 9.47 Å². The Morgan fingerprint density at radius 2 is 2.00 bits per heavy atom. The fourth-order valence-electron chi connectivity index (χ4n) is 1.59. The van der Waals surface area contributed by atoms with Crippen LogP contribution in [0.5, 0.6) is 0 Å². The van der Waals surface area contributed by atoms with Crippen LogP contribution >= 0.6 is 0 Å². The van der Waals surface area contributed by atoms with Gasteiger partial charge in [-0.1, -0.05) is 0 Å². The Bertz CT molecular complexity index is 271. The average molecular weight is 241 g/mol. The molecular formula is C12H23N3O2. The van der Waals surface area contributed by atoms with Crippen molar-refractivity contribution in [2.24, 2.45) is 0 Å². The summed E-state index contributed by atoms with van der Waals surface area (Å²) in [5.41, 5.74) is 0. The van der Waals surface area contributed by atoms with Crippen molar-refractivity contribution in [2.75, 3.05) is 19.8 Å². The van der Waals surface area contributed by atoms with Gasteiger partial charge in [-0.15, -0.1) is 0 Å². The molecule has 1 aromatic heterocycles. The quantitative estimate of drug-likeness (QED) is 0.661. The second-order valence-corrected chi connectivity index (χ2v) is 3.88. The Morgan fingerprint density at radius 1 is 1.29 bits per heavy atom. The van der Waals surface area contributed by atoms with Crippen LogP contribution in [0.15, 0.2) is 18.5 Å². The molecule has 5 nitrogen and oxygen atoms in total. The van der Waals surface area contributed by atoms with Gasteiger partial charge in [0.15, 0.2) is 6.29 Å². The minimum atomic E-state index is -0.162. The normalized spacial score (nSPS) is 13.2. The minimum absolute atomic E-state index is 0.162. The van der Waals surface area contributed by atoms with Gasteiger partial charge in [-0.3, -0.25) is 4.68 Å². The zero-order valence-electron chi connectivity index (χ0n) is 10.9. The Balaban J connectivity index is 2.23. The van der Waals surface area contributed by atoms with Crippen LogP contribution in [0, 0.1) is 0 Å². The maximum absolute atomic E-state index is 5.46. The molecule has 1 atom stereocenters. The molecule has 0 aliphatic carbocycles. The Morgan fingerprint density at radius 3 is 2.53 bits per heavy atom. The van der Waals surface area contributed by atoms with Gasteiger partial charge < -0.3 is 14.8 Å². The van der Waals surface area contributed by atoms with Crippen LogP contribution in [0.25, 0.3) is 0 Å². The van der Waals surface area contributed by atoms with Crippen molar-refractivity contribution in [3.05, 3.63) is 18.5 Å². The highest BCUT2D eigenvalue weighted by Gasteiger charge is 2.10. The number of hydrogen-bond donors (Lipinski definition) is 1. The van der Waals surface area contributed by atoms with Gasteiger partial charge in [-0.25, -0.2) is 0 Å². The molecule has 0 aliphatic heterocycles. The van der Waals surface area contributed by atoms with Gasteiger partial charge in [0, 0.05) is 38.2 Å². The predicted molar refractivity (Wildman–Crippen MR) is 66.7 cm³/mol. The fraction of sp³-hybridized carbons (Fsp3) is 0.750. The zero-order chi connectivity index (χ0) is 12.5. The standard InChI is InChI=1S/C12H23N3O2/c1-4-16-12(17-5-2)9-13-11(3)10-15-8-6-7-14-15/h6-8,11-13H,4-5,9-10H2,1-3H3. The highest BCUT2D eigenvalue weighted by molar-refractivity contribution is 4.79. The smallest absolute Gasteiger partial charge is 0.169 e. The molecule has 0 spiro atoms. The van der Waals surface area contributed by atoms with E-state index in [1.807, 2.05) is 30.8 Å². The summed E-state index contributed by atoms with van der Waals surface area (Å²) in [5.74, 6) is 0. The van der Waals surface area contributed by atoms with Crippen molar-refractivity contribution in [2.45, 2.75) is 39.6 Å². The van der Waals surface area contributed by atoms with E-state index in [4.69, 9.17) is 9.47 Å². The molecule has 0 radical (unpaired) electrons. The monoisotopic (exact) mass is 241 g/mol. The third-order valence-corrected chi connectivity index (χ3v) is 2.36. The van der Waals surface area contributed by atoms with Crippen LogP contribution in [0.2, 0.25) is 0 Å². The highest BCUT2D eigenvalue weighted by Crippen LogP contribution is 1.96. The molecule has 0 saturated heterocycles. The van der Waals surface area contributed by atoms with Crippen molar-refractivity contribution in [1.82, 2.24) is 15.1 Å². The number of aromatic nitrogens is 2. The number of rotatable bonds is 9. The molecular weight excluding hydrogens is 218 g/mol. The van der Waals surface area contributed by atoms with E-state index in [2.05, 4.69) is 17.3 Å². The third-order valence-electron chi connectivity index (χ3n) is 2.36. The summed E-state index contributed by atoms with van der Waals surface area (Å²) in [6, 6.07) is 2.26. The van der Waals surface area contributed by atoms with Crippen LogP contribution in [0.4, 0.5) is 0 Å². The Kier molecular flexibility index (Phi) is 6.84. The summed E-state index contributed by atoms with van der Waals surface area (Å²) in [6.07, 6.45) is 3.58. The summed E-state index contributed by atoms with van der Waals surface area (Å²) in [5, 5.41) is 7.55. The third kappa shape index (κ3) is 5.81. The molecule has 0 aromatic carbocycles. The van der Waals surface area contributed by atoms with Crippen LogP contribution in [0.1, 0.15) is 20.8 Å². The van der Waals surface area contributed by atoms with Gasteiger partial charge in [0.1, 0.15) is 0 Å². The number of ether oxygens (including phenoxy) is 2. The second kappa shape index (κ2) is 8.22. The van der Waals surface area contributed by atoms with E-state index in [0.29, 0.717) is 25.8 Å². The molecule has 98 valence electrons. The summed E-state index contributed by atoms with van der Waals surface area (Å²) in [6.45, 7) is 8.94. The maximum Gasteiger partial charge on any atom is 0.169 e. The van der Waals surface area contributed by atoms with E-state index >= 15 is 0 Å². The Hall–Kier alpha value is -0.910. The van der Waals surface area contributed by atoms with Gasteiger partial charge >= 0.3 is 0 Å². The van der Waals surface area contributed by atoms with Gasteiger partial charge in [-0.05, 0) is 26.8 Å². The van der Waals surface area contributed by atoms with Gasteiger partial charge in [0.05, 0.1) is 6.54 Å².